The van der Waals surface area contributed by atoms with Crippen LogP contribution in [0.25, 0.3) is 0 Å². The summed E-state index contributed by atoms with van der Waals surface area (Å²) in [5.41, 5.74) is 4.38. The molecule has 80 valence electrons. The second-order valence-corrected chi connectivity index (χ2v) is 3.58. The summed E-state index contributed by atoms with van der Waals surface area (Å²) in [6.45, 7) is 5.89. The van der Waals surface area contributed by atoms with E-state index in [1.165, 1.54) is 0 Å². The monoisotopic (exact) mass is 204 g/mol. The summed E-state index contributed by atoms with van der Waals surface area (Å²) in [6, 6.07) is 1.82. The van der Waals surface area contributed by atoms with Gasteiger partial charge in [-0.1, -0.05) is 13.8 Å². The summed E-state index contributed by atoms with van der Waals surface area (Å²) in [5.74, 6) is 0. The van der Waals surface area contributed by atoms with Crippen molar-refractivity contribution < 1.29 is 9.59 Å². The minimum absolute atomic E-state index is 0.703. The van der Waals surface area contributed by atoms with Gasteiger partial charge in [0, 0.05) is 11.1 Å². The lowest BCUT2D eigenvalue weighted by atomic mass is 9.91. The molecule has 0 unspecified atom stereocenters. The topological polar surface area (TPSA) is 34.1 Å². The molecule has 0 N–H and O–H groups in total. The second-order valence-electron chi connectivity index (χ2n) is 3.58. The predicted octanol–water partition coefficient (Wildman–Crippen LogP) is 2.74. The largest absolute Gasteiger partial charge is 0.298 e. The van der Waals surface area contributed by atoms with Crippen LogP contribution in [0.1, 0.15) is 51.3 Å². The molecule has 15 heavy (non-hydrogen) atoms. The first-order chi connectivity index (χ1) is 7.19. The minimum Gasteiger partial charge on any atom is -0.298 e. The van der Waals surface area contributed by atoms with E-state index in [0.717, 1.165) is 47.7 Å². The summed E-state index contributed by atoms with van der Waals surface area (Å²) in [5, 5.41) is 0. The highest BCUT2D eigenvalue weighted by molar-refractivity contribution is 5.86. The maximum absolute atomic E-state index is 11.0. The smallest absolute Gasteiger partial charge is 0.150 e. The molecular weight excluding hydrogens is 188 g/mol. The van der Waals surface area contributed by atoms with Crippen molar-refractivity contribution in [3.63, 3.8) is 0 Å². The van der Waals surface area contributed by atoms with Crippen molar-refractivity contribution in [1.82, 2.24) is 0 Å². The molecule has 0 aliphatic heterocycles. The van der Waals surface area contributed by atoms with Gasteiger partial charge in [-0.05, 0) is 42.5 Å². The molecule has 0 atom stereocenters. The van der Waals surface area contributed by atoms with Crippen LogP contribution in [0, 0.1) is 6.92 Å². The predicted molar refractivity (Wildman–Crippen MR) is 60.7 cm³/mol. The summed E-state index contributed by atoms with van der Waals surface area (Å²) in [4.78, 5) is 21.9. The average Bonchev–Trinajstić information content (AvgIpc) is 2.28. The molecule has 0 aliphatic rings. The summed E-state index contributed by atoms with van der Waals surface area (Å²) >= 11 is 0. The van der Waals surface area contributed by atoms with Gasteiger partial charge in [0.1, 0.15) is 6.29 Å². The Morgan fingerprint density at radius 1 is 1.13 bits per heavy atom. The second kappa shape index (κ2) is 4.87. The number of benzene rings is 1. The van der Waals surface area contributed by atoms with Crippen molar-refractivity contribution in [2.24, 2.45) is 0 Å². The standard InChI is InChI=1S/C13H16O2/c1-4-10-6-11(7-14)9(3)12(5-2)13(10)8-15/h6-8H,4-5H2,1-3H3. The zero-order valence-electron chi connectivity index (χ0n) is 9.46. The molecule has 0 fully saturated rings. The van der Waals surface area contributed by atoms with Gasteiger partial charge in [0.25, 0.3) is 0 Å². The van der Waals surface area contributed by atoms with E-state index in [1.807, 2.05) is 26.8 Å². The highest BCUT2D eigenvalue weighted by Gasteiger charge is 2.12. The Kier molecular flexibility index (Phi) is 3.78. The van der Waals surface area contributed by atoms with E-state index in [0.29, 0.717) is 5.56 Å². The third-order valence-corrected chi connectivity index (χ3v) is 2.87. The van der Waals surface area contributed by atoms with Gasteiger partial charge in [-0.15, -0.1) is 0 Å². The van der Waals surface area contributed by atoms with Gasteiger partial charge >= 0.3 is 0 Å². The molecule has 0 heterocycles. The van der Waals surface area contributed by atoms with Crippen molar-refractivity contribution in [2.45, 2.75) is 33.6 Å². The Balaban J connectivity index is 3.56. The zero-order valence-corrected chi connectivity index (χ0v) is 9.46. The summed E-state index contributed by atoms with van der Waals surface area (Å²) < 4.78 is 0. The highest BCUT2D eigenvalue weighted by Crippen LogP contribution is 2.22. The number of hydrogen-bond donors (Lipinski definition) is 0. The SMILES string of the molecule is CCc1cc(C=O)c(C)c(CC)c1C=O. The van der Waals surface area contributed by atoms with Crippen LogP contribution in [0.15, 0.2) is 6.07 Å². The molecule has 2 heteroatoms. The first-order valence-electron chi connectivity index (χ1n) is 5.25. The lowest BCUT2D eigenvalue weighted by Gasteiger charge is -2.13. The molecule has 1 aromatic carbocycles. The molecular formula is C13H16O2. The number of aldehydes is 2. The van der Waals surface area contributed by atoms with E-state index < -0.39 is 0 Å². The lowest BCUT2D eigenvalue weighted by Crippen LogP contribution is -2.04. The first-order valence-corrected chi connectivity index (χ1v) is 5.25. The fourth-order valence-corrected chi connectivity index (χ4v) is 1.96. The molecule has 0 amide bonds. The van der Waals surface area contributed by atoms with Gasteiger partial charge in [-0.3, -0.25) is 9.59 Å². The number of carbonyl (C=O) groups is 2. The van der Waals surface area contributed by atoms with Crippen LogP contribution < -0.4 is 0 Å². The van der Waals surface area contributed by atoms with Crippen LogP contribution in [-0.2, 0) is 12.8 Å². The molecule has 1 aromatic rings. The average molecular weight is 204 g/mol. The van der Waals surface area contributed by atoms with Gasteiger partial charge in [-0.2, -0.15) is 0 Å². The van der Waals surface area contributed by atoms with Crippen molar-refractivity contribution in [2.75, 3.05) is 0 Å². The van der Waals surface area contributed by atoms with E-state index in [9.17, 15) is 9.59 Å². The quantitative estimate of drug-likeness (QED) is 0.707. The Bertz CT molecular complexity index is 392. The molecule has 0 aliphatic carbocycles. The van der Waals surface area contributed by atoms with Crippen molar-refractivity contribution in [3.05, 3.63) is 33.9 Å². The lowest BCUT2D eigenvalue weighted by molar-refractivity contribution is 0.111. The highest BCUT2D eigenvalue weighted by atomic mass is 16.1. The number of aryl methyl sites for hydroxylation is 1. The van der Waals surface area contributed by atoms with Gasteiger partial charge in [0.15, 0.2) is 6.29 Å². The fourth-order valence-electron chi connectivity index (χ4n) is 1.96. The van der Waals surface area contributed by atoms with Crippen molar-refractivity contribution in [3.8, 4) is 0 Å². The molecule has 0 aromatic heterocycles. The summed E-state index contributed by atoms with van der Waals surface area (Å²) in [7, 11) is 0. The zero-order chi connectivity index (χ0) is 11.4. The fraction of sp³-hybridized carbons (Fsp3) is 0.385. The Morgan fingerprint density at radius 3 is 2.20 bits per heavy atom. The molecule has 0 saturated carbocycles. The van der Waals surface area contributed by atoms with Crippen LogP contribution in [-0.4, -0.2) is 12.6 Å². The minimum atomic E-state index is 0.703. The van der Waals surface area contributed by atoms with Crippen LogP contribution >= 0.6 is 0 Å². The van der Waals surface area contributed by atoms with Crippen LogP contribution in [0.4, 0.5) is 0 Å². The maximum Gasteiger partial charge on any atom is 0.150 e. The Morgan fingerprint density at radius 2 is 1.80 bits per heavy atom. The Hall–Kier alpha value is -1.44. The Labute approximate surface area is 90.3 Å². The van der Waals surface area contributed by atoms with E-state index in [2.05, 4.69) is 0 Å². The number of carbonyl (C=O) groups excluding carboxylic acids is 2. The normalized spacial score (nSPS) is 10.1. The third kappa shape index (κ3) is 1.99. The summed E-state index contributed by atoms with van der Waals surface area (Å²) in [6.07, 6.45) is 3.33. The van der Waals surface area contributed by atoms with E-state index >= 15 is 0 Å². The van der Waals surface area contributed by atoms with E-state index in [1.54, 1.807) is 0 Å². The molecule has 0 radical (unpaired) electrons. The molecule has 2 nitrogen and oxygen atoms in total. The molecule has 0 spiro atoms. The molecule has 1 rings (SSSR count). The van der Waals surface area contributed by atoms with Gasteiger partial charge in [-0.25, -0.2) is 0 Å². The maximum atomic E-state index is 11.0. The molecule has 0 bridgehead atoms. The number of rotatable bonds is 4. The van der Waals surface area contributed by atoms with E-state index in [4.69, 9.17) is 0 Å². The van der Waals surface area contributed by atoms with Crippen LogP contribution in [0.5, 0.6) is 0 Å². The number of hydrogen-bond acceptors (Lipinski definition) is 2. The van der Waals surface area contributed by atoms with Crippen molar-refractivity contribution >= 4 is 12.6 Å². The molecule has 0 saturated heterocycles. The van der Waals surface area contributed by atoms with Crippen LogP contribution in [0.2, 0.25) is 0 Å². The van der Waals surface area contributed by atoms with E-state index in [-0.39, 0.29) is 0 Å². The van der Waals surface area contributed by atoms with Gasteiger partial charge < -0.3 is 0 Å². The van der Waals surface area contributed by atoms with Gasteiger partial charge in [0.2, 0.25) is 0 Å². The third-order valence-electron chi connectivity index (χ3n) is 2.87. The van der Waals surface area contributed by atoms with Crippen molar-refractivity contribution in [1.29, 1.82) is 0 Å². The first kappa shape index (κ1) is 11.6. The van der Waals surface area contributed by atoms with Gasteiger partial charge in [0.05, 0.1) is 0 Å². The van der Waals surface area contributed by atoms with Crippen LogP contribution in [0.3, 0.4) is 0 Å².